The molecular weight excluding hydrogens is 352 g/mol. The molecule has 0 radical (unpaired) electrons. The van der Waals surface area contributed by atoms with Crippen molar-refractivity contribution < 1.29 is 14.3 Å². The van der Waals surface area contributed by atoms with E-state index in [1.807, 2.05) is 30.3 Å². The number of H-pyrrole nitrogens is 1. The van der Waals surface area contributed by atoms with Crippen molar-refractivity contribution in [2.24, 2.45) is 0 Å². The van der Waals surface area contributed by atoms with Gasteiger partial charge in [0.1, 0.15) is 18.1 Å². The molecule has 0 bridgehead atoms. The molecule has 1 amide bonds. The Hall–Kier alpha value is -3.00. The number of hydrogen-bond donors (Lipinski definition) is 2. The number of para-hydroxylation sites is 1. The lowest BCUT2D eigenvalue weighted by atomic mass is 10.3. The molecule has 0 fully saturated rings. The van der Waals surface area contributed by atoms with E-state index in [4.69, 9.17) is 9.47 Å². The van der Waals surface area contributed by atoms with Gasteiger partial charge in [0.25, 0.3) is 0 Å². The molecule has 3 rings (SSSR count). The summed E-state index contributed by atoms with van der Waals surface area (Å²) in [5, 5.41) is 10.2. The molecule has 0 saturated carbocycles. The Labute approximate surface area is 155 Å². The fourth-order valence-electron chi connectivity index (χ4n) is 2.08. The second-order valence-electron chi connectivity index (χ2n) is 5.23. The second kappa shape index (κ2) is 8.91. The topological polar surface area (TPSA) is 89.1 Å². The van der Waals surface area contributed by atoms with Crippen molar-refractivity contribution in [3.8, 4) is 11.5 Å². The Morgan fingerprint density at radius 2 is 1.88 bits per heavy atom. The van der Waals surface area contributed by atoms with E-state index in [-0.39, 0.29) is 18.3 Å². The van der Waals surface area contributed by atoms with E-state index >= 15 is 0 Å². The zero-order valence-corrected chi connectivity index (χ0v) is 15.0. The minimum Gasteiger partial charge on any atom is -0.497 e. The van der Waals surface area contributed by atoms with Gasteiger partial charge in [-0.2, -0.15) is 0 Å². The van der Waals surface area contributed by atoms with Gasteiger partial charge in [-0.25, -0.2) is 4.98 Å². The van der Waals surface area contributed by atoms with Crippen LogP contribution in [-0.4, -0.2) is 34.0 Å². The first-order chi connectivity index (χ1) is 12.7. The number of carbonyl (C=O) groups excluding carboxylic acids is 1. The van der Waals surface area contributed by atoms with Gasteiger partial charge in [-0.15, -0.1) is 5.10 Å². The number of aromatic nitrogens is 3. The predicted octanol–water partition coefficient (Wildman–Crippen LogP) is 3.12. The molecule has 0 aliphatic rings. The van der Waals surface area contributed by atoms with Crippen molar-refractivity contribution >= 4 is 23.4 Å². The summed E-state index contributed by atoms with van der Waals surface area (Å²) in [5.74, 6) is 2.18. The number of anilines is 1. The van der Waals surface area contributed by atoms with Crippen LogP contribution in [0.15, 0.2) is 59.8 Å². The van der Waals surface area contributed by atoms with E-state index in [0.717, 1.165) is 11.5 Å². The quantitative estimate of drug-likeness (QED) is 0.592. The minimum atomic E-state index is -0.132. The number of benzene rings is 2. The van der Waals surface area contributed by atoms with E-state index in [2.05, 4.69) is 20.5 Å². The first kappa shape index (κ1) is 17.8. The van der Waals surface area contributed by atoms with Gasteiger partial charge in [-0.05, 0) is 36.4 Å². The van der Waals surface area contributed by atoms with Gasteiger partial charge < -0.3 is 14.8 Å². The Morgan fingerprint density at radius 1 is 1.12 bits per heavy atom. The molecule has 134 valence electrons. The lowest BCUT2D eigenvalue weighted by Gasteiger charge is -2.05. The standard InChI is InChI=1S/C18H18N4O3S/c1-24-14-9-7-13(8-10-14)19-17(23)12-26-18-20-16(21-22-18)11-25-15-5-3-2-4-6-15/h2-10H,11-12H2,1H3,(H,19,23)(H,20,21,22). The van der Waals surface area contributed by atoms with Crippen LogP contribution in [0.4, 0.5) is 5.69 Å². The van der Waals surface area contributed by atoms with Gasteiger partial charge in [0, 0.05) is 5.69 Å². The molecule has 0 aliphatic carbocycles. The monoisotopic (exact) mass is 370 g/mol. The van der Waals surface area contributed by atoms with Gasteiger partial charge in [-0.1, -0.05) is 30.0 Å². The van der Waals surface area contributed by atoms with Crippen LogP contribution < -0.4 is 14.8 Å². The van der Waals surface area contributed by atoms with E-state index in [0.29, 0.717) is 16.7 Å². The largest absolute Gasteiger partial charge is 0.497 e. The molecule has 2 aromatic carbocycles. The maximum Gasteiger partial charge on any atom is 0.234 e. The summed E-state index contributed by atoms with van der Waals surface area (Å²) in [6.07, 6.45) is 0. The highest BCUT2D eigenvalue weighted by molar-refractivity contribution is 7.99. The molecule has 0 saturated heterocycles. The highest BCUT2D eigenvalue weighted by Crippen LogP contribution is 2.17. The van der Waals surface area contributed by atoms with Gasteiger partial charge in [-0.3, -0.25) is 9.89 Å². The van der Waals surface area contributed by atoms with E-state index in [1.165, 1.54) is 11.8 Å². The maximum absolute atomic E-state index is 12.0. The van der Waals surface area contributed by atoms with Crippen molar-refractivity contribution in [3.05, 3.63) is 60.4 Å². The second-order valence-corrected chi connectivity index (χ2v) is 6.17. The number of thioether (sulfide) groups is 1. The van der Waals surface area contributed by atoms with Crippen LogP contribution in [0.5, 0.6) is 11.5 Å². The third-order valence-electron chi connectivity index (χ3n) is 3.34. The van der Waals surface area contributed by atoms with Gasteiger partial charge >= 0.3 is 0 Å². The van der Waals surface area contributed by atoms with Gasteiger partial charge in [0.2, 0.25) is 11.1 Å². The molecule has 0 spiro atoms. The highest BCUT2D eigenvalue weighted by atomic mass is 32.2. The molecule has 26 heavy (non-hydrogen) atoms. The normalized spacial score (nSPS) is 10.3. The summed E-state index contributed by atoms with van der Waals surface area (Å²) in [6.45, 7) is 0.287. The lowest BCUT2D eigenvalue weighted by Crippen LogP contribution is -2.14. The summed E-state index contributed by atoms with van der Waals surface area (Å²) in [5.41, 5.74) is 0.711. The van der Waals surface area contributed by atoms with Gasteiger partial charge in [0.15, 0.2) is 5.82 Å². The molecule has 8 heteroatoms. The van der Waals surface area contributed by atoms with Crippen molar-refractivity contribution in [2.75, 3.05) is 18.2 Å². The zero-order valence-electron chi connectivity index (χ0n) is 14.1. The average Bonchev–Trinajstić information content (AvgIpc) is 3.14. The number of ether oxygens (including phenoxy) is 2. The molecule has 2 N–H and O–H groups in total. The first-order valence-corrected chi connectivity index (χ1v) is 8.87. The Bertz CT molecular complexity index is 837. The Kier molecular flexibility index (Phi) is 6.10. The number of methoxy groups -OCH3 is 1. The van der Waals surface area contributed by atoms with E-state index in [9.17, 15) is 4.79 Å². The summed E-state index contributed by atoms with van der Waals surface area (Å²) >= 11 is 1.25. The van der Waals surface area contributed by atoms with Crippen molar-refractivity contribution in [1.29, 1.82) is 0 Å². The zero-order chi connectivity index (χ0) is 18.2. The van der Waals surface area contributed by atoms with Crippen molar-refractivity contribution in [1.82, 2.24) is 15.2 Å². The number of carbonyl (C=O) groups is 1. The van der Waals surface area contributed by atoms with Gasteiger partial charge in [0.05, 0.1) is 12.9 Å². The molecule has 0 unspecified atom stereocenters. The van der Waals surface area contributed by atoms with Crippen LogP contribution in [-0.2, 0) is 11.4 Å². The predicted molar refractivity (Wildman–Crippen MR) is 99.5 cm³/mol. The molecular formula is C18H18N4O3S. The summed E-state index contributed by atoms with van der Waals surface area (Å²) in [6, 6.07) is 16.6. The summed E-state index contributed by atoms with van der Waals surface area (Å²) < 4.78 is 10.7. The van der Waals surface area contributed by atoms with Crippen LogP contribution in [0.1, 0.15) is 5.82 Å². The molecule has 1 aromatic heterocycles. The number of nitrogens with one attached hydrogen (secondary N) is 2. The molecule has 0 atom stereocenters. The van der Waals surface area contributed by atoms with Crippen molar-refractivity contribution in [2.45, 2.75) is 11.8 Å². The smallest absolute Gasteiger partial charge is 0.234 e. The van der Waals surface area contributed by atoms with E-state index < -0.39 is 0 Å². The minimum absolute atomic E-state index is 0.132. The Morgan fingerprint density at radius 3 is 2.62 bits per heavy atom. The fraction of sp³-hybridized carbons (Fsp3) is 0.167. The lowest BCUT2D eigenvalue weighted by molar-refractivity contribution is -0.113. The number of rotatable bonds is 8. The van der Waals surface area contributed by atoms with Crippen molar-refractivity contribution in [3.63, 3.8) is 0 Å². The van der Waals surface area contributed by atoms with Crippen LogP contribution in [0.25, 0.3) is 0 Å². The number of amides is 1. The number of hydrogen-bond acceptors (Lipinski definition) is 6. The average molecular weight is 370 g/mol. The molecule has 7 nitrogen and oxygen atoms in total. The third kappa shape index (κ3) is 5.25. The SMILES string of the molecule is COc1ccc(NC(=O)CSc2n[nH]c(COc3ccccc3)n2)cc1. The van der Waals surface area contributed by atoms with Crippen LogP contribution >= 0.6 is 11.8 Å². The number of aromatic amines is 1. The maximum atomic E-state index is 12.0. The third-order valence-corrected chi connectivity index (χ3v) is 4.18. The Balaban J connectivity index is 1.44. The fourth-order valence-corrected chi connectivity index (χ4v) is 2.69. The summed E-state index contributed by atoms with van der Waals surface area (Å²) in [4.78, 5) is 16.3. The summed E-state index contributed by atoms with van der Waals surface area (Å²) in [7, 11) is 1.60. The molecule has 1 heterocycles. The van der Waals surface area contributed by atoms with Crippen LogP contribution in [0.3, 0.4) is 0 Å². The van der Waals surface area contributed by atoms with Crippen LogP contribution in [0, 0.1) is 0 Å². The number of nitrogens with zero attached hydrogens (tertiary/aromatic N) is 2. The highest BCUT2D eigenvalue weighted by Gasteiger charge is 2.09. The van der Waals surface area contributed by atoms with E-state index in [1.54, 1.807) is 31.4 Å². The molecule has 0 aliphatic heterocycles. The first-order valence-electron chi connectivity index (χ1n) is 7.89. The molecule has 3 aromatic rings. The van der Waals surface area contributed by atoms with Crippen LogP contribution in [0.2, 0.25) is 0 Å².